The number of aryl methyl sites for hydroxylation is 4. The molecule has 1 aliphatic carbocycles. The van der Waals surface area contributed by atoms with Gasteiger partial charge in [0.25, 0.3) is 5.78 Å². The van der Waals surface area contributed by atoms with Crippen molar-refractivity contribution >= 4 is 34.1 Å². The van der Waals surface area contributed by atoms with Crippen LogP contribution >= 0.6 is 11.8 Å². The largest absolute Gasteiger partial charge is 0.293 e. The summed E-state index contributed by atoms with van der Waals surface area (Å²) in [4.78, 5) is 21.8. The molecule has 1 aliphatic rings. The van der Waals surface area contributed by atoms with Crippen LogP contribution in [-0.4, -0.2) is 31.1 Å². The number of hydrogen-bond acceptors (Lipinski definition) is 5. The quantitative estimate of drug-likeness (QED) is 0.400. The fourth-order valence-electron chi connectivity index (χ4n) is 3.91. The molecule has 0 radical (unpaired) electrons. The van der Waals surface area contributed by atoms with Crippen LogP contribution in [0.15, 0.2) is 41.6 Å². The van der Waals surface area contributed by atoms with E-state index in [1.54, 1.807) is 4.52 Å². The molecule has 6 heteroatoms. The predicted octanol–water partition coefficient (Wildman–Crippen LogP) is 3.97. The van der Waals surface area contributed by atoms with Crippen LogP contribution in [0.4, 0.5) is 0 Å². The molecule has 134 valence electrons. The first-order valence-electron chi connectivity index (χ1n) is 9.00. The molecule has 0 unspecified atom stereocenters. The molecule has 0 N–H and O–H groups in total. The van der Waals surface area contributed by atoms with Crippen LogP contribution < -0.4 is 0 Å². The van der Waals surface area contributed by atoms with Gasteiger partial charge in [0.1, 0.15) is 0 Å². The van der Waals surface area contributed by atoms with E-state index >= 15 is 0 Å². The fraction of sp³-hybridized carbons (Fsp3) is 0.238. The average Bonchev–Trinajstić information content (AvgIpc) is 3.25. The molecule has 0 aliphatic heterocycles. The van der Waals surface area contributed by atoms with Gasteiger partial charge in [-0.1, -0.05) is 42.1 Å². The van der Waals surface area contributed by atoms with Gasteiger partial charge in [0, 0.05) is 17.0 Å². The Labute approximate surface area is 160 Å². The normalized spacial score (nSPS) is 13.0. The van der Waals surface area contributed by atoms with Crippen molar-refractivity contribution in [2.24, 2.45) is 0 Å². The maximum Gasteiger partial charge on any atom is 0.253 e. The highest BCUT2D eigenvalue weighted by atomic mass is 32.2. The number of ketones is 1. The smallest absolute Gasteiger partial charge is 0.253 e. The van der Waals surface area contributed by atoms with E-state index in [-0.39, 0.29) is 5.78 Å². The van der Waals surface area contributed by atoms with Crippen LogP contribution in [0.2, 0.25) is 0 Å². The van der Waals surface area contributed by atoms with Gasteiger partial charge < -0.3 is 0 Å². The van der Waals surface area contributed by atoms with Crippen LogP contribution in [0.5, 0.6) is 0 Å². The third-order valence-corrected chi connectivity index (χ3v) is 5.95. The Hall–Kier alpha value is -2.73. The Kier molecular flexibility index (Phi) is 3.75. The van der Waals surface area contributed by atoms with Crippen LogP contribution in [0.25, 0.3) is 16.6 Å². The Bertz CT molecular complexity index is 1220. The molecule has 0 fully saturated rings. The van der Waals surface area contributed by atoms with Crippen LogP contribution in [-0.2, 0) is 12.8 Å². The summed E-state index contributed by atoms with van der Waals surface area (Å²) >= 11 is 1.36. The number of fused-ring (bicyclic) bond motifs is 1. The number of carbonyl (C=O) groups excluding carboxylic acids is 1. The first-order valence-corrected chi connectivity index (χ1v) is 9.99. The number of benzene rings is 2. The van der Waals surface area contributed by atoms with Crippen molar-refractivity contribution in [2.75, 3.05) is 5.75 Å². The zero-order chi connectivity index (χ0) is 18.5. The summed E-state index contributed by atoms with van der Waals surface area (Å²) in [5, 5.41) is 7.40. The number of thioether (sulfide) groups is 1. The second-order valence-electron chi connectivity index (χ2n) is 6.97. The second-order valence-corrected chi connectivity index (χ2v) is 7.91. The SMILES string of the molecule is Cc1cc(C)n2nc(SCC(=O)c3ccc4c5c(cccc35)CC4)nc2n1. The summed E-state index contributed by atoms with van der Waals surface area (Å²) in [5.74, 6) is 0.997. The van der Waals surface area contributed by atoms with Gasteiger partial charge >= 0.3 is 0 Å². The predicted molar refractivity (Wildman–Crippen MR) is 107 cm³/mol. The molecule has 0 spiro atoms. The molecule has 0 atom stereocenters. The van der Waals surface area contributed by atoms with E-state index < -0.39 is 0 Å². The van der Waals surface area contributed by atoms with Crippen molar-refractivity contribution in [2.45, 2.75) is 31.8 Å². The zero-order valence-electron chi connectivity index (χ0n) is 15.2. The molecule has 0 amide bonds. The Morgan fingerprint density at radius 2 is 1.93 bits per heavy atom. The van der Waals surface area contributed by atoms with Gasteiger partial charge in [0.05, 0.1) is 5.75 Å². The second kappa shape index (κ2) is 6.16. The fourth-order valence-corrected chi connectivity index (χ4v) is 4.61. The molecule has 0 bridgehead atoms. The number of hydrogen-bond donors (Lipinski definition) is 0. The van der Waals surface area contributed by atoms with E-state index in [2.05, 4.69) is 39.3 Å². The van der Waals surface area contributed by atoms with Crippen molar-refractivity contribution in [1.82, 2.24) is 19.6 Å². The molecule has 0 saturated carbocycles. The van der Waals surface area contributed by atoms with E-state index in [0.717, 1.165) is 35.2 Å². The van der Waals surface area contributed by atoms with Crippen LogP contribution in [0.1, 0.15) is 32.9 Å². The summed E-state index contributed by atoms with van der Waals surface area (Å²) < 4.78 is 1.72. The highest BCUT2D eigenvalue weighted by molar-refractivity contribution is 7.99. The molecule has 5 rings (SSSR count). The van der Waals surface area contributed by atoms with Crippen molar-refractivity contribution in [3.63, 3.8) is 0 Å². The van der Waals surface area contributed by atoms with Crippen molar-refractivity contribution in [3.8, 4) is 0 Å². The summed E-state index contributed by atoms with van der Waals surface area (Å²) in [6.07, 6.45) is 2.13. The van der Waals surface area contributed by atoms with Gasteiger partial charge in [0.2, 0.25) is 5.16 Å². The van der Waals surface area contributed by atoms with Crippen LogP contribution in [0.3, 0.4) is 0 Å². The minimum atomic E-state index is 0.107. The number of rotatable bonds is 4. The van der Waals surface area contributed by atoms with Gasteiger partial charge in [-0.15, -0.1) is 5.10 Å². The lowest BCUT2D eigenvalue weighted by Crippen LogP contribution is -2.04. The number of Topliss-reactive ketones (excluding diaryl/α,β-unsaturated/α-hetero) is 1. The maximum absolute atomic E-state index is 12.9. The topological polar surface area (TPSA) is 60.2 Å². The maximum atomic E-state index is 12.9. The van der Waals surface area contributed by atoms with E-state index in [0.29, 0.717) is 16.7 Å². The lowest BCUT2D eigenvalue weighted by molar-refractivity contribution is 0.102. The van der Waals surface area contributed by atoms with E-state index in [1.807, 2.05) is 26.0 Å². The molecule has 2 aromatic heterocycles. The lowest BCUT2D eigenvalue weighted by Gasteiger charge is -2.07. The van der Waals surface area contributed by atoms with Gasteiger partial charge in [0.15, 0.2) is 5.78 Å². The van der Waals surface area contributed by atoms with Gasteiger partial charge in [-0.3, -0.25) is 4.79 Å². The highest BCUT2D eigenvalue weighted by Gasteiger charge is 2.19. The van der Waals surface area contributed by atoms with E-state index in [1.165, 1.54) is 28.3 Å². The van der Waals surface area contributed by atoms with E-state index in [9.17, 15) is 4.79 Å². The van der Waals surface area contributed by atoms with Gasteiger partial charge in [-0.25, -0.2) is 9.50 Å². The standard InChI is InChI=1S/C21H18N4OS/c1-12-10-13(2)25-20(22-12)23-21(24-25)27-11-18(26)16-9-8-15-7-6-14-4-3-5-17(16)19(14)15/h3-5,8-10H,6-7,11H2,1-2H3. The van der Waals surface area contributed by atoms with E-state index in [4.69, 9.17) is 0 Å². The molecule has 2 aromatic carbocycles. The molecule has 2 heterocycles. The van der Waals surface area contributed by atoms with Gasteiger partial charge in [-0.05, 0) is 54.7 Å². The zero-order valence-corrected chi connectivity index (χ0v) is 16.0. The average molecular weight is 374 g/mol. The molecule has 4 aromatic rings. The summed E-state index contributed by atoms with van der Waals surface area (Å²) in [7, 11) is 0. The van der Waals surface area contributed by atoms with Crippen LogP contribution in [0, 0.1) is 13.8 Å². The molecule has 0 saturated heterocycles. The van der Waals surface area contributed by atoms with Crippen molar-refractivity contribution in [3.05, 3.63) is 64.5 Å². The Morgan fingerprint density at radius 1 is 1.11 bits per heavy atom. The van der Waals surface area contributed by atoms with Crippen molar-refractivity contribution in [1.29, 1.82) is 0 Å². The molecule has 5 nitrogen and oxygen atoms in total. The lowest BCUT2D eigenvalue weighted by atomic mass is 9.98. The third kappa shape index (κ3) is 2.72. The minimum absolute atomic E-state index is 0.107. The summed E-state index contributed by atoms with van der Waals surface area (Å²) in [6.45, 7) is 3.91. The summed E-state index contributed by atoms with van der Waals surface area (Å²) in [6, 6.07) is 12.3. The highest BCUT2D eigenvalue weighted by Crippen LogP contribution is 2.33. The Balaban J connectivity index is 1.43. The minimum Gasteiger partial charge on any atom is -0.293 e. The number of aromatic nitrogens is 4. The number of carbonyl (C=O) groups is 1. The third-order valence-electron chi connectivity index (χ3n) is 5.11. The Morgan fingerprint density at radius 3 is 2.78 bits per heavy atom. The first kappa shape index (κ1) is 16.4. The molecule has 27 heavy (non-hydrogen) atoms. The van der Waals surface area contributed by atoms with Crippen molar-refractivity contribution < 1.29 is 4.79 Å². The summed E-state index contributed by atoms with van der Waals surface area (Å²) in [5.41, 5.74) is 5.38. The molecular formula is C21H18N4OS. The first-order chi connectivity index (χ1) is 13.1. The molecular weight excluding hydrogens is 356 g/mol. The monoisotopic (exact) mass is 374 g/mol. The van der Waals surface area contributed by atoms with Gasteiger partial charge in [-0.2, -0.15) is 4.98 Å². The number of nitrogens with zero attached hydrogens (tertiary/aromatic N) is 4.